The molecule has 2 aromatic carbocycles. The Balaban J connectivity index is 1.28. The Morgan fingerprint density at radius 3 is 1.84 bits per heavy atom. The van der Waals surface area contributed by atoms with Crippen LogP contribution in [0.1, 0.15) is 64.2 Å². The van der Waals surface area contributed by atoms with Gasteiger partial charge in [0.1, 0.15) is 4.83 Å². The summed E-state index contributed by atoms with van der Waals surface area (Å²) in [5.74, 6) is 0. The number of nitrogens with zero attached hydrogens (tertiary/aromatic N) is 6. The summed E-state index contributed by atoms with van der Waals surface area (Å²) in [5.41, 5.74) is 3.58. The fraction of sp³-hybridized carbons (Fsp3) is 0.414. The molecule has 0 saturated heterocycles. The predicted molar refractivity (Wildman–Crippen MR) is 159 cm³/mol. The Morgan fingerprint density at radius 1 is 0.676 bits per heavy atom. The van der Waals surface area contributed by atoms with Crippen LogP contribution in [-0.4, -0.2) is 18.1 Å². The molecule has 0 aliphatic heterocycles. The summed E-state index contributed by atoms with van der Waals surface area (Å²) in [5, 5.41) is 18.1. The lowest BCUT2D eigenvalue weighted by molar-refractivity contribution is 0.609. The molecule has 8 heteroatoms. The van der Waals surface area contributed by atoms with E-state index >= 15 is 0 Å². The number of thiazole rings is 1. The quantitative estimate of drug-likeness (QED) is 0.120. The van der Waals surface area contributed by atoms with Crippen molar-refractivity contribution in [3.05, 3.63) is 59.5 Å². The molecule has 4 aromatic rings. The molecule has 6 nitrogen and oxygen atoms in total. The smallest absolute Gasteiger partial charge is 0.231 e. The van der Waals surface area contributed by atoms with Crippen molar-refractivity contribution in [3.8, 4) is 0 Å². The minimum absolute atomic E-state index is 0.698. The summed E-state index contributed by atoms with van der Waals surface area (Å²) in [4.78, 5) is 9.47. The number of anilines is 1. The third kappa shape index (κ3) is 8.01. The second kappa shape index (κ2) is 14.1. The standard InChI is InChI=1S/C29H36N6S2/c1-4-7-8-9-10-11-12-26-21-27-28(36-26)30-29(37-27)34-33-23-15-13-22(14-16-23)31-32-24-17-19-25(20-18-24)35(5-2)6-3/h13-21H,4-12H2,1-3H3. The molecule has 2 aromatic heterocycles. The molecule has 0 fully saturated rings. The van der Waals surface area contributed by atoms with Gasteiger partial charge in [0.05, 0.1) is 21.8 Å². The van der Waals surface area contributed by atoms with Crippen LogP contribution in [0.25, 0.3) is 9.53 Å². The van der Waals surface area contributed by atoms with Crippen molar-refractivity contribution in [1.29, 1.82) is 0 Å². The van der Waals surface area contributed by atoms with E-state index in [1.54, 1.807) is 22.7 Å². The van der Waals surface area contributed by atoms with Crippen molar-refractivity contribution in [1.82, 2.24) is 4.98 Å². The monoisotopic (exact) mass is 532 g/mol. The number of hydrogen-bond acceptors (Lipinski definition) is 8. The van der Waals surface area contributed by atoms with Gasteiger partial charge in [0.15, 0.2) is 0 Å². The van der Waals surface area contributed by atoms with Gasteiger partial charge >= 0.3 is 0 Å². The first-order chi connectivity index (χ1) is 18.2. The van der Waals surface area contributed by atoms with Gasteiger partial charge in [-0.3, -0.25) is 0 Å². The van der Waals surface area contributed by atoms with Gasteiger partial charge in [-0.15, -0.1) is 21.6 Å². The molecular formula is C29H36N6S2. The highest BCUT2D eigenvalue weighted by molar-refractivity contribution is 7.28. The lowest BCUT2D eigenvalue weighted by Crippen LogP contribution is -2.21. The average Bonchev–Trinajstić information content (AvgIpc) is 3.49. The Bertz CT molecular complexity index is 1250. The molecule has 2 heterocycles. The highest BCUT2D eigenvalue weighted by Gasteiger charge is 2.08. The lowest BCUT2D eigenvalue weighted by Gasteiger charge is -2.20. The van der Waals surface area contributed by atoms with Crippen LogP contribution in [0.5, 0.6) is 0 Å². The largest absolute Gasteiger partial charge is 0.372 e. The Morgan fingerprint density at radius 2 is 1.24 bits per heavy atom. The van der Waals surface area contributed by atoms with Gasteiger partial charge in [0, 0.05) is 23.7 Å². The first kappa shape index (κ1) is 27.1. The van der Waals surface area contributed by atoms with Gasteiger partial charge in [-0.2, -0.15) is 10.2 Å². The zero-order valence-electron chi connectivity index (χ0n) is 22.1. The van der Waals surface area contributed by atoms with E-state index in [1.165, 1.54) is 53.8 Å². The molecular weight excluding hydrogens is 496 g/mol. The number of benzene rings is 2. The Hall–Kier alpha value is -2.97. The van der Waals surface area contributed by atoms with E-state index in [-0.39, 0.29) is 0 Å². The molecule has 37 heavy (non-hydrogen) atoms. The highest BCUT2D eigenvalue weighted by atomic mass is 32.1. The molecule has 0 unspecified atom stereocenters. The van der Waals surface area contributed by atoms with Gasteiger partial charge in [-0.05, 0) is 81.3 Å². The summed E-state index contributed by atoms with van der Waals surface area (Å²) >= 11 is 3.39. The number of azo groups is 2. The third-order valence-corrected chi connectivity index (χ3v) is 8.37. The van der Waals surface area contributed by atoms with Crippen LogP contribution in [-0.2, 0) is 6.42 Å². The van der Waals surface area contributed by atoms with Gasteiger partial charge in [0.2, 0.25) is 5.13 Å². The van der Waals surface area contributed by atoms with Gasteiger partial charge in [0.25, 0.3) is 0 Å². The summed E-state index contributed by atoms with van der Waals surface area (Å²) < 4.78 is 1.21. The maximum absolute atomic E-state index is 4.67. The summed E-state index contributed by atoms with van der Waals surface area (Å²) in [6.45, 7) is 8.56. The zero-order valence-corrected chi connectivity index (χ0v) is 23.7. The van der Waals surface area contributed by atoms with Crippen LogP contribution >= 0.6 is 22.7 Å². The van der Waals surface area contributed by atoms with E-state index in [1.807, 2.05) is 36.4 Å². The Kier molecular flexibility index (Phi) is 10.3. The van der Waals surface area contributed by atoms with Crippen LogP contribution < -0.4 is 4.90 Å². The average molecular weight is 533 g/mol. The van der Waals surface area contributed by atoms with Crippen LogP contribution in [0.3, 0.4) is 0 Å². The summed E-state index contributed by atoms with van der Waals surface area (Å²) in [6.07, 6.45) is 9.12. The van der Waals surface area contributed by atoms with Crippen molar-refractivity contribution < 1.29 is 0 Å². The maximum atomic E-state index is 4.67. The van der Waals surface area contributed by atoms with E-state index in [0.717, 1.165) is 41.4 Å². The molecule has 0 atom stereocenters. The van der Waals surface area contributed by atoms with Gasteiger partial charge < -0.3 is 4.90 Å². The zero-order chi connectivity index (χ0) is 25.9. The number of fused-ring (bicyclic) bond motifs is 1. The fourth-order valence-corrected chi connectivity index (χ4v) is 6.23. The number of hydrogen-bond donors (Lipinski definition) is 0. The second-order valence-electron chi connectivity index (χ2n) is 9.00. The molecule has 0 aliphatic carbocycles. The van der Waals surface area contributed by atoms with E-state index in [2.05, 4.69) is 69.3 Å². The molecule has 194 valence electrons. The molecule has 0 N–H and O–H groups in total. The van der Waals surface area contributed by atoms with Gasteiger partial charge in [-0.25, -0.2) is 4.98 Å². The summed E-state index contributed by atoms with van der Waals surface area (Å²) in [6, 6.07) is 18.0. The maximum Gasteiger partial charge on any atom is 0.231 e. The van der Waals surface area contributed by atoms with Crippen molar-refractivity contribution in [2.45, 2.75) is 65.7 Å². The molecule has 0 radical (unpaired) electrons. The third-order valence-electron chi connectivity index (χ3n) is 6.27. The highest BCUT2D eigenvalue weighted by Crippen LogP contribution is 2.35. The first-order valence-corrected chi connectivity index (χ1v) is 15.0. The van der Waals surface area contributed by atoms with Crippen molar-refractivity contribution in [2.24, 2.45) is 20.5 Å². The number of unbranched alkanes of at least 4 members (excludes halogenated alkanes) is 5. The van der Waals surface area contributed by atoms with Crippen LogP contribution in [0, 0.1) is 0 Å². The minimum Gasteiger partial charge on any atom is -0.372 e. The SMILES string of the molecule is CCCCCCCCc1cc2sc(N=Nc3ccc(N=Nc4ccc(N(CC)CC)cc4)cc3)nc2s1. The normalized spacial score (nSPS) is 11.9. The van der Waals surface area contributed by atoms with E-state index in [0.29, 0.717) is 5.13 Å². The number of aryl methyl sites for hydroxylation is 1. The van der Waals surface area contributed by atoms with Crippen molar-refractivity contribution in [2.75, 3.05) is 18.0 Å². The van der Waals surface area contributed by atoms with Crippen molar-refractivity contribution in [3.63, 3.8) is 0 Å². The molecule has 4 rings (SSSR count). The molecule has 0 aliphatic rings. The summed E-state index contributed by atoms with van der Waals surface area (Å²) in [7, 11) is 0. The Labute approximate surface area is 228 Å². The molecule has 0 bridgehead atoms. The predicted octanol–water partition coefficient (Wildman–Crippen LogP) is 10.9. The van der Waals surface area contributed by atoms with E-state index in [4.69, 9.17) is 0 Å². The van der Waals surface area contributed by atoms with Gasteiger partial charge in [-0.1, -0.05) is 50.4 Å². The fourth-order valence-electron chi connectivity index (χ4n) is 4.14. The number of thiophene rings is 1. The molecule has 0 amide bonds. The topological polar surface area (TPSA) is 65.6 Å². The van der Waals surface area contributed by atoms with Crippen LogP contribution in [0.15, 0.2) is 75.1 Å². The number of rotatable bonds is 14. The van der Waals surface area contributed by atoms with E-state index < -0.39 is 0 Å². The van der Waals surface area contributed by atoms with E-state index in [9.17, 15) is 0 Å². The lowest BCUT2D eigenvalue weighted by atomic mass is 10.1. The molecule has 0 saturated carbocycles. The minimum atomic E-state index is 0.698. The van der Waals surface area contributed by atoms with Crippen LogP contribution in [0.4, 0.5) is 27.9 Å². The first-order valence-electron chi connectivity index (χ1n) is 13.4. The van der Waals surface area contributed by atoms with Crippen molar-refractivity contribution >= 4 is 60.1 Å². The second-order valence-corrected chi connectivity index (χ2v) is 11.1. The van der Waals surface area contributed by atoms with Crippen LogP contribution in [0.2, 0.25) is 0 Å². The number of aromatic nitrogens is 1. The molecule has 0 spiro atoms.